The zero-order chi connectivity index (χ0) is 17.8. The monoisotopic (exact) mass is 417 g/mol. The van der Waals surface area contributed by atoms with Gasteiger partial charge in [0.25, 0.3) is 0 Å². The van der Waals surface area contributed by atoms with Crippen molar-refractivity contribution in [3.8, 4) is 16.9 Å². The molecule has 0 unspecified atom stereocenters. The Balaban J connectivity index is 1.92. The minimum absolute atomic E-state index is 0.210. The number of hydrogen-bond acceptors (Lipinski definition) is 4. The van der Waals surface area contributed by atoms with E-state index in [0.29, 0.717) is 5.01 Å². The molecule has 4 nitrogen and oxygen atoms in total. The van der Waals surface area contributed by atoms with Gasteiger partial charge in [0, 0.05) is 5.56 Å². The number of carboxylic acids is 1. The number of aromatic carboxylic acids is 1. The molecule has 0 aliphatic carbocycles. The van der Waals surface area contributed by atoms with E-state index in [1.165, 1.54) is 11.8 Å². The average Bonchev–Trinajstić information content (AvgIpc) is 3.10. The molecular formula is C19H16BrNO3S. The standard InChI is InChI=1S/C19H16BrNO3S/c1-2-12-6-3-4-7-13(12)14-8-5-9-15(20)18(14)24-11-17-21-10-16(25-17)19(22)23/h3-10H,2,11H2,1H3,(H,22,23). The van der Waals surface area contributed by atoms with Gasteiger partial charge in [-0.1, -0.05) is 43.3 Å². The third-order valence-corrected chi connectivity index (χ3v) is 5.34. The summed E-state index contributed by atoms with van der Waals surface area (Å²) in [6, 6.07) is 14.2. The number of nitrogens with zero attached hydrogens (tertiary/aromatic N) is 1. The van der Waals surface area contributed by atoms with Crippen molar-refractivity contribution in [2.45, 2.75) is 20.0 Å². The van der Waals surface area contributed by atoms with Crippen LogP contribution in [-0.2, 0) is 13.0 Å². The Morgan fingerprint density at radius 1 is 1.20 bits per heavy atom. The molecule has 3 aromatic rings. The molecule has 3 rings (SSSR count). The second-order valence-electron chi connectivity index (χ2n) is 5.34. The lowest BCUT2D eigenvalue weighted by Crippen LogP contribution is -1.98. The highest BCUT2D eigenvalue weighted by atomic mass is 79.9. The van der Waals surface area contributed by atoms with Crippen LogP contribution in [0.5, 0.6) is 5.75 Å². The van der Waals surface area contributed by atoms with E-state index in [4.69, 9.17) is 9.84 Å². The molecule has 1 aromatic heterocycles. The van der Waals surface area contributed by atoms with E-state index in [0.717, 1.165) is 39.1 Å². The quantitative estimate of drug-likeness (QED) is 0.582. The molecule has 128 valence electrons. The predicted octanol–water partition coefficient (Wildman–Crippen LogP) is 5.41. The maximum atomic E-state index is 11.0. The van der Waals surface area contributed by atoms with E-state index >= 15 is 0 Å². The minimum atomic E-state index is -0.970. The van der Waals surface area contributed by atoms with Crippen LogP contribution in [0.2, 0.25) is 0 Å². The maximum absolute atomic E-state index is 11.0. The first-order valence-electron chi connectivity index (χ1n) is 7.77. The number of aryl methyl sites for hydroxylation is 1. The molecule has 6 heteroatoms. The van der Waals surface area contributed by atoms with Gasteiger partial charge in [-0.2, -0.15) is 0 Å². The number of carbonyl (C=O) groups is 1. The van der Waals surface area contributed by atoms with E-state index in [2.05, 4.69) is 40.0 Å². The molecule has 0 aliphatic rings. The summed E-state index contributed by atoms with van der Waals surface area (Å²) in [5.74, 6) is -0.238. The summed E-state index contributed by atoms with van der Waals surface area (Å²) in [6.07, 6.45) is 2.29. The van der Waals surface area contributed by atoms with Gasteiger partial charge in [-0.3, -0.25) is 0 Å². The number of para-hydroxylation sites is 1. The van der Waals surface area contributed by atoms with Gasteiger partial charge in [0.15, 0.2) is 0 Å². The fourth-order valence-electron chi connectivity index (χ4n) is 2.57. The Bertz CT molecular complexity index is 907. The van der Waals surface area contributed by atoms with Crippen molar-refractivity contribution in [3.05, 3.63) is 68.6 Å². The number of benzene rings is 2. The molecule has 0 bridgehead atoms. The van der Waals surface area contributed by atoms with Crippen molar-refractivity contribution >= 4 is 33.2 Å². The lowest BCUT2D eigenvalue weighted by atomic mass is 9.97. The first kappa shape index (κ1) is 17.6. The van der Waals surface area contributed by atoms with Crippen LogP contribution >= 0.6 is 27.3 Å². The highest BCUT2D eigenvalue weighted by molar-refractivity contribution is 9.10. The van der Waals surface area contributed by atoms with Gasteiger partial charge in [-0.05, 0) is 39.5 Å². The molecular weight excluding hydrogens is 402 g/mol. The lowest BCUT2D eigenvalue weighted by molar-refractivity contribution is 0.0702. The Hall–Kier alpha value is -2.18. The number of halogens is 1. The molecule has 0 atom stereocenters. The van der Waals surface area contributed by atoms with Crippen LogP contribution in [-0.4, -0.2) is 16.1 Å². The van der Waals surface area contributed by atoms with Gasteiger partial charge in [0.1, 0.15) is 22.2 Å². The number of ether oxygens (including phenoxy) is 1. The smallest absolute Gasteiger partial charge is 0.347 e. The third-order valence-electron chi connectivity index (χ3n) is 3.76. The summed E-state index contributed by atoms with van der Waals surface area (Å²) in [5.41, 5.74) is 3.38. The molecule has 0 amide bonds. The second kappa shape index (κ2) is 7.80. The largest absolute Gasteiger partial charge is 0.485 e. The molecule has 0 spiro atoms. The first-order valence-corrected chi connectivity index (χ1v) is 9.38. The maximum Gasteiger partial charge on any atom is 0.347 e. The summed E-state index contributed by atoms with van der Waals surface area (Å²) in [5, 5.41) is 9.63. The van der Waals surface area contributed by atoms with Crippen LogP contribution in [0.15, 0.2) is 53.1 Å². The molecule has 0 aliphatic heterocycles. The number of carboxylic acid groups (broad SMARTS) is 1. The number of thiazole rings is 1. The fraction of sp³-hybridized carbons (Fsp3) is 0.158. The van der Waals surface area contributed by atoms with Gasteiger partial charge in [-0.15, -0.1) is 11.3 Å². The summed E-state index contributed by atoms with van der Waals surface area (Å²) >= 11 is 4.68. The van der Waals surface area contributed by atoms with Crippen LogP contribution in [0.1, 0.15) is 27.2 Å². The summed E-state index contributed by atoms with van der Waals surface area (Å²) in [4.78, 5) is 15.3. The number of hydrogen-bond donors (Lipinski definition) is 1. The van der Waals surface area contributed by atoms with Crippen molar-refractivity contribution in [2.75, 3.05) is 0 Å². The van der Waals surface area contributed by atoms with Crippen LogP contribution < -0.4 is 4.74 Å². The zero-order valence-electron chi connectivity index (χ0n) is 13.5. The third kappa shape index (κ3) is 3.91. The Morgan fingerprint density at radius 2 is 1.96 bits per heavy atom. The summed E-state index contributed by atoms with van der Waals surface area (Å²) in [7, 11) is 0. The molecule has 1 heterocycles. The molecule has 2 aromatic carbocycles. The van der Waals surface area contributed by atoms with Crippen molar-refractivity contribution in [1.82, 2.24) is 4.98 Å². The van der Waals surface area contributed by atoms with Gasteiger partial charge < -0.3 is 9.84 Å². The highest BCUT2D eigenvalue weighted by Gasteiger charge is 2.14. The van der Waals surface area contributed by atoms with E-state index in [1.807, 2.05) is 30.3 Å². The van der Waals surface area contributed by atoms with Gasteiger partial charge >= 0.3 is 5.97 Å². The van der Waals surface area contributed by atoms with Gasteiger partial charge in [0.05, 0.1) is 10.7 Å². The number of aromatic nitrogens is 1. The molecule has 25 heavy (non-hydrogen) atoms. The Kier molecular flexibility index (Phi) is 5.50. The molecule has 0 radical (unpaired) electrons. The Labute approximate surface area is 158 Å². The zero-order valence-corrected chi connectivity index (χ0v) is 15.9. The number of rotatable bonds is 6. The van der Waals surface area contributed by atoms with Crippen molar-refractivity contribution in [1.29, 1.82) is 0 Å². The molecule has 0 fully saturated rings. The van der Waals surface area contributed by atoms with E-state index < -0.39 is 5.97 Å². The SMILES string of the molecule is CCc1ccccc1-c1cccc(Br)c1OCc1ncc(C(=O)O)s1. The summed E-state index contributed by atoms with van der Waals surface area (Å²) in [6.45, 7) is 2.35. The Morgan fingerprint density at radius 3 is 2.68 bits per heavy atom. The molecule has 0 saturated heterocycles. The fourth-order valence-corrected chi connectivity index (χ4v) is 3.72. The van der Waals surface area contributed by atoms with E-state index in [9.17, 15) is 4.79 Å². The van der Waals surface area contributed by atoms with Gasteiger partial charge in [-0.25, -0.2) is 9.78 Å². The van der Waals surface area contributed by atoms with Crippen molar-refractivity contribution in [3.63, 3.8) is 0 Å². The normalized spacial score (nSPS) is 10.6. The van der Waals surface area contributed by atoms with E-state index in [-0.39, 0.29) is 11.5 Å². The van der Waals surface area contributed by atoms with Crippen LogP contribution in [0.25, 0.3) is 11.1 Å². The van der Waals surface area contributed by atoms with Gasteiger partial charge in [0.2, 0.25) is 0 Å². The van der Waals surface area contributed by atoms with Crippen molar-refractivity contribution in [2.24, 2.45) is 0 Å². The highest BCUT2D eigenvalue weighted by Crippen LogP contribution is 2.38. The average molecular weight is 418 g/mol. The second-order valence-corrected chi connectivity index (χ2v) is 7.31. The minimum Gasteiger partial charge on any atom is -0.485 e. The van der Waals surface area contributed by atoms with Crippen LogP contribution in [0.4, 0.5) is 0 Å². The topological polar surface area (TPSA) is 59.4 Å². The lowest BCUT2D eigenvalue weighted by Gasteiger charge is -2.15. The van der Waals surface area contributed by atoms with Crippen LogP contribution in [0.3, 0.4) is 0 Å². The summed E-state index contributed by atoms with van der Waals surface area (Å²) < 4.78 is 6.86. The predicted molar refractivity (Wildman–Crippen MR) is 102 cm³/mol. The van der Waals surface area contributed by atoms with Crippen LogP contribution in [0, 0.1) is 0 Å². The van der Waals surface area contributed by atoms with E-state index in [1.54, 1.807) is 0 Å². The first-order chi connectivity index (χ1) is 12.1. The molecule has 0 saturated carbocycles. The van der Waals surface area contributed by atoms with Crippen molar-refractivity contribution < 1.29 is 14.6 Å². The molecule has 1 N–H and O–H groups in total.